The lowest BCUT2D eigenvalue weighted by atomic mass is 10.1. The molecule has 122 valence electrons. The fourth-order valence-electron chi connectivity index (χ4n) is 2.38. The van der Waals surface area contributed by atoms with E-state index >= 15 is 0 Å². The second kappa shape index (κ2) is 7.82. The van der Waals surface area contributed by atoms with Crippen molar-refractivity contribution in [3.8, 4) is 5.69 Å². The summed E-state index contributed by atoms with van der Waals surface area (Å²) in [6, 6.07) is 9.63. The van der Waals surface area contributed by atoms with E-state index in [0.717, 1.165) is 10.8 Å². The Morgan fingerprint density at radius 2 is 1.70 bits per heavy atom. The fourth-order valence-corrected chi connectivity index (χ4v) is 2.95. The Bertz CT molecular complexity index is 672. The van der Waals surface area contributed by atoms with Gasteiger partial charge in [-0.25, -0.2) is 4.98 Å². The van der Waals surface area contributed by atoms with Crippen molar-refractivity contribution in [1.29, 1.82) is 0 Å². The minimum atomic E-state index is -0.545. The zero-order chi connectivity index (χ0) is 16.8. The normalized spacial score (nSPS) is 13.2. The second-order valence-corrected chi connectivity index (χ2v) is 5.56. The lowest BCUT2D eigenvalue weighted by molar-refractivity contribution is -0.135. The minimum absolute atomic E-state index is 0.389. The molecule has 0 fully saturated rings. The van der Waals surface area contributed by atoms with E-state index in [2.05, 4.69) is 4.98 Å². The third-order valence-corrected chi connectivity index (χ3v) is 4.04. The highest BCUT2D eigenvalue weighted by Gasteiger charge is 2.27. The molecule has 0 radical (unpaired) electrons. The number of nitrogens with zero attached hydrogens (tertiary/aromatic N) is 2. The number of imidazole rings is 1. The van der Waals surface area contributed by atoms with Crippen molar-refractivity contribution < 1.29 is 19.1 Å². The Labute approximate surface area is 138 Å². The van der Waals surface area contributed by atoms with Crippen LogP contribution in [0.4, 0.5) is 0 Å². The number of aromatic nitrogens is 2. The largest absolute Gasteiger partial charge is 0.458 e. The third-order valence-electron chi connectivity index (χ3n) is 3.40. The van der Waals surface area contributed by atoms with Crippen LogP contribution in [0.3, 0.4) is 0 Å². The Kier molecular flexibility index (Phi) is 5.81. The van der Waals surface area contributed by atoms with Gasteiger partial charge < -0.3 is 9.47 Å². The average molecular weight is 334 g/mol. The molecule has 1 aromatic heterocycles. The first-order chi connectivity index (χ1) is 11.1. The lowest BCUT2D eigenvalue weighted by Crippen LogP contribution is -2.11. The monoisotopic (exact) mass is 334 g/mol. The number of thioether (sulfide) groups is 1. The Morgan fingerprint density at radius 1 is 1.09 bits per heavy atom. The summed E-state index contributed by atoms with van der Waals surface area (Å²) in [5.41, 5.74) is 2.15. The number of ether oxygens (including phenoxy) is 2. The predicted octanol–water partition coefficient (Wildman–Crippen LogP) is 3.06. The summed E-state index contributed by atoms with van der Waals surface area (Å²) in [5.74, 6) is 0. The molecule has 1 heterocycles. The Morgan fingerprint density at radius 3 is 2.26 bits per heavy atom. The highest BCUT2D eigenvalue weighted by Crippen LogP contribution is 2.33. The molecule has 0 saturated carbocycles. The van der Waals surface area contributed by atoms with Crippen LogP contribution in [0, 0.1) is 0 Å². The lowest BCUT2D eigenvalue weighted by Gasteiger charge is -2.18. The van der Waals surface area contributed by atoms with E-state index in [1.165, 1.54) is 11.8 Å². The zero-order valence-corrected chi connectivity index (χ0v) is 13.9. The molecule has 0 bridgehead atoms. The minimum Gasteiger partial charge on any atom is -0.458 e. The van der Waals surface area contributed by atoms with Crippen molar-refractivity contribution in [2.45, 2.75) is 31.2 Å². The molecule has 2 unspecified atom stereocenters. The molecule has 0 aliphatic rings. The fraction of sp³-hybridized carbons (Fsp3) is 0.312. The highest BCUT2D eigenvalue weighted by atomic mass is 32.2. The van der Waals surface area contributed by atoms with E-state index in [1.807, 2.05) is 41.2 Å². The molecule has 0 aliphatic carbocycles. The van der Waals surface area contributed by atoms with E-state index in [9.17, 15) is 9.59 Å². The molecule has 7 heteroatoms. The van der Waals surface area contributed by atoms with Crippen LogP contribution in [0.2, 0.25) is 0 Å². The predicted molar refractivity (Wildman–Crippen MR) is 86.5 cm³/mol. The summed E-state index contributed by atoms with van der Waals surface area (Å²) in [7, 11) is 0. The summed E-state index contributed by atoms with van der Waals surface area (Å²) in [6.07, 6.45) is 0.830. The van der Waals surface area contributed by atoms with Gasteiger partial charge in [-0.2, -0.15) is 0 Å². The van der Waals surface area contributed by atoms with Gasteiger partial charge in [0.1, 0.15) is 17.9 Å². The number of para-hydroxylation sites is 1. The van der Waals surface area contributed by atoms with Crippen molar-refractivity contribution in [2.24, 2.45) is 0 Å². The standard InChI is InChI=1S/C16H18N2O4S/c1-11(21-9-19)14-15(12(2)22-10-20)18(16(17-14)23-3)13-7-5-4-6-8-13/h4-12H,1-3H3. The van der Waals surface area contributed by atoms with Crippen LogP contribution in [0.5, 0.6) is 0 Å². The maximum atomic E-state index is 10.8. The van der Waals surface area contributed by atoms with Gasteiger partial charge in [-0.3, -0.25) is 14.2 Å². The van der Waals surface area contributed by atoms with E-state index in [1.54, 1.807) is 13.8 Å². The van der Waals surface area contributed by atoms with Crippen LogP contribution in [-0.4, -0.2) is 28.8 Å². The maximum absolute atomic E-state index is 10.8. The summed E-state index contributed by atoms with van der Waals surface area (Å²) >= 11 is 1.46. The first kappa shape index (κ1) is 17.1. The quantitative estimate of drug-likeness (QED) is 0.546. The van der Waals surface area contributed by atoms with Gasteiger partial charge in [0.15, 0.2) is 5.16 Å². The number of benzene rings is 1. The van der Waals surface area contributed by atoms with Crippen molar-refractivity contribution in [2.75, 3.05) is 6.26 Å². The molecule has 0 spiro atoms. The first-order valence-corrected chi connectivity index (χ1v) is 8.26. The number of hydrogen-bond donors (Lipinski definition) is 0. The highest BCUT2D eigenvalue weighted by molar-refractivity contribution is 7.98. The van der Waals surface area contributed by atoms with Gasteiger partial charge >= 0.3 is 0 Å². The van der Waals surface area contributed by atoms with E-state index in [0.29, 0.717) is 24.3 Å². The van der Waals surface area contributed by atoms with Crippen molar-refractivity contribution in [1.82, 2.24) is 9.55 Å². The van der Waals surface area contributed by atoms with Crippen LogP contribution in [-0.2, 0) is 19.1 Å². The van der Waals surface area contributed by atoms with E-state index < -0.39 is 12.2 Å². The van der Waals surface area contributed by atoms with Gasteiger partial charge in [0, 0.05) is 5.69 Å². The van der Waals surface area contributed by atoms with Crippen LogP contribution in [0.25, 0.3) is 5.69 Å². The van der Waals surface area contributed by atoms with Gasteiger partial charge in [0.05, 0.1) is 5.69 Å². The Hall–Kier alpha value is -2.28. The molecule has 0 aliphatic heterocycles. The van der Waals surface area contributed by atoms with Crippen LogP contribution >= 0.6 is 11.8 Å². The van der Waals surface area contributed by atoms with Crippen molar-refractivity contribution in [3.63, 3.8) is 0 Å². The zero-order valence-electron chi connectivity index (χ0n) is 13.1. The topological polar surface area (TPSA) is 70.4 Å². The van der Waals surface area contributed by atoms with E-state index in [4.69, 9.17) is 9.47 Å². The van der Waals surface area contributed by atoms with E-state index in [-0.39, 0.29) is 0 Å². The molecule has 0 amide bonds. The molecule has 2 atom stereocenters. The van der Waals surface area contributed by atoms with Crippen LogP contribution < -0.4 is 0 Å². The average Bonchev–Trinajstić information content (AvgIpc) is 2.96. The Balaban J connectivity index is 2.66. The van der Waals surface area contributed by atoms with Crippen LogP contribution in [0.1, 0.15) is 37.4 Å². The molecule has 0 N–H and O–H groups in total. The molecule has 2 rings (SSSR count). The molecule has 0 saturated heterocycles. The number of hydrogen-bond acceptors (Lipinski definition) is 6. The van der Waals surface area contributed by atoms with Crippen LogP contribution in [0.15, 0.2) is 35.5 Å². The van der Waals surface area contributed by atoms with Gasteiger partial charge in [-0.05, 0) is 32.2 Å². The molecular formula is C16H18N2O4S. The summed E-state index contributed by atoms with van der Waals surface area (Å²) in [6.45, 7) is 4.28. The van der Waals surface area contributed by atoms with Gasteiger partial charge in [0.25, 0.3) is 12.9 Å². The van der Waals surface area contributed by atoms with Gasteiger partial charge in [-0.1, -0.05) is 30.0 Å². The summed E-state index contributed by atoms with van der Waals surface area (Å²) < 4.78 is 12.1. The van der Waals surface area contributed by atoms with Crippen molar-refractivity contribution >= 4 is 24.7 Å². The number of carbonyl (C=O) groups is 2. The molecular weight excluding hydrogens is 316 g/mol. The smallest absolute Gasteiger partial charge is 0.293 e. The molecule has 23 heavy (non-hydrogen) atoms. The third kappa shape index (κ3) is 3.56. The van der Waals surface area contributed by atoms with Crippen molar-refractivity contribution in [3.05, 3.63) is 41.7 Å². The molecule has 1 aromatic carbocycles. The summed E-state index contributed by atoms with van der Waals surface area (Å²) in [4.78, 5) is 26.0. The number of rotatable bonds is 8. The SMILES string of the molecule is CSc1nc(C(C)OC=O)c(C(C)OC=O)n1-c1ccccc1. The molecule has 2 aromatic rings. The summed E-state index contributed by atoms with van der Waals surface area (Å²) in [5, 5.41) is 0.726. The van der Waals surface area contributed by atoms with Gasteiger partial charge in [0.2, 0.25) is 0 Å². The number of carbonyl (C=O) groups excluding carboxylic acids is 2. The first-order valence-electron chi connectivity index (χ1n) is 7.04. The second-order valence-electron chi connectivity index (χ2n) is 4.79. The maximum Gasteiger partial charge on any atom is 0.293 e. The molecule has 6 nitrogen and oxygen atoms in total. The van der Waals surface area contributed by atoms with Gasteiger partial charge in [-0.15, -0.1) is 0 Å².